The molecule has 1 fully saturated rings. The lowest BCUT2D eigenvalue weighted by molar-refractivity contribution is -0.765. The van der Waals surface area contributed by atoms with Gasteiger partial charge in [0.2, 0.25) is 11.8 Å². The van der Waals surface area contributed by atoms with E-state index in [1.165, 1.54) is 31.0 Å². The zero-order valence-corrected chi connectivity index (χ0v) is 25.4. The van der Waals surface area contributed by atoms with E-state index in [0.717, 1.165) is 41.1 Å². The number of aromatic nitrogens is 3. The van der Waals surface area contributed by atoms with Gasteiger partial charge in [-0.1, -0.05) is 5.16 Å². The summed E-state index contributed by atoms with van der Waals surface area (Å²) in [6.07, 6.45) is 4.32. The number of carboxylic acids is 2. The van der Waals surface area contributed by atoms with Crippen molar-refractivity contribution in [3.63, 3.8) is 0 Å². The van der Waals surface area contributed by atoms with Crippen molar-refractivity contribution in [3.8, 4) is 0 Å². The van der Waals surface area contributed by atoms with Crippen molar-refractivity contribution < 1.29 is 38.9 Å². The number of oxime groups is 1. The standard InChI is InChI=1S/C25H33N9O7S2/c1-25(2,23(39)40)41-31-15(14-11-43-24(28)29-14)19(35)30-16-20(36)34-17(22(37)38)13(10-42-21(16)34)9-33-8-12(6-4-5-7-26)18(27)32(33)3/h8,11,16,21,27H,4-7,9-10,26H2,1-3H3,(H5,28,29,30,35,37,38,39,40)/p+1/b31-15+/t16-,21-/m1/s1. The molecule has 0 aliphatic carbocycles. The first-order chi connectivity index (χ1) is 20.3. The lowest BCUT2D eigenvalue weighted by atomic mass is 10.0. The minimum Gasteiger partial charge on any atom is -0.478 e. The van der Waals surface area contributed by atoms with Crippen LogP contribution in [0.2, 0.25) is 0 Å². The second-order valence-electron chi connectivity index (χ2n) is 10.4. The van der Waals surface area contributed by atoms with Crippen LogP contribution in [0.15, 0.2) is 28.0 Å². The van der Waals surface area contributed by atoms with Crippen LogP contribution < -0.4 is 27.2 Å². The Labute approximate surface area is 254 Å². The van der Waals surface area contributed by atoms with Crippen LogP contribution in [0, 0.1) is 0 Å². The number of amides is 2. The summed E-state index contributed by atoms with van der Waals surface area (Å²) >= 11 is 2.33. The summed E-state index contributed by atoms with van der Waals surface area (Å²) in [7, 11) is 1.78. The van der Waals surface area contributed by atoms with Crippen molar-refractivity contribution >= 4 is 63.5 Å². The number of fused-ring (bicyclic) bond motifs is 1. The van der Waals surface area contributed by atoms with Gasteiger partial charge in [0.1, 0.15) is 22.8 Å². The van der Waals surface area contributed by atoms with Gasteiger partial charge in [0.15, 0.2) is 23.2 Å². The fourth-order valence-electron chi connectivity index (χ4n) is 4.49. The van der Waals surface area contributed by atoms with Gasteiger partial charge in [0.25, 0.3) is 11.8 Å². The lowest BCUT2D eigenvalue weighted by Gasteiger charge is -2.49. The molecule has 232 valence electrons. The number of nitrogens with one attached hydrogen (secondary N) is 1. The number of nitrogens with two attached hydrogens (primary N) is 3. The SMILES string of the molecule is Cn1c(N)c(CCCCN)c[n+]1CC1=C(C(=O)O)N2C(=O)[C@@H](NC(=O)/C(=N/OC(C)(C)C(=O)O)c3csc(N)n3)[C@H]2SC1. The maximum atomic E-state index is 13.3. The van der Waals surface area contributed by atoms with Crippen LogP contribution in [-0.4, -0.2) is 83.6 Å². The van der Waals surface area contributed by atoms with Gasteiger partial charge in [-0.05, 0) is 39.7 Å². The molecule has 4 heterocycles. The summed E-state index contributed by atoms with van der Waals surface area (Å²) in [6, 6.07) is -1.07. The fraction of sp³-hybridized carbons (Fsp3) is 0.480. The molecule has 0 radical (unpaired) electrons. The Kier molecular flexibility index (Phi) is 9.31. The van der Waals surface area contributed by atoms with Crippen molar-refractivity contribution in [2.24, 2.45) is 17.9 Å². The fourth-order valence-corrected chi connectivity index (χ4v) is 6.38. The van der Waals surface area contributed by atoms with Gasteiger partial charge < -0.3 is 37.6 Å². The van der Waals surface area contributed by atoms with Gasteiger partial charge in [-0.2, -0.15) is 0 Å². The van der Waals surface area contributed by atoms with Crippen LogP contribution >= 0.6 is 23.1 Å². The van der Waals surface area contributed by atoms with Gasteiger partial charge in [0.05, 0.1) is 12.6 Å². The predicted octanol–water partition coefficient (Wildman–Crippen LogP) is -0.762. The van der Waals surface area contributed by atoms with Gasteiger partial charge in [-0.25, -0.2) is 14.6 Å². The number of carboxylic acid groups (broad SMARTS) is 2. The Hall–Kier alpha value is -4.16. The second-order valence-corrected chi connectivity index (χ2v) is 12.4. The molecule has 0 bridgehead atoms. The average Bonchev–Trinajstić information content (AvgIpc) is 3.49. The Morgan fingerprint density at radius 2 is 2.00 bits per heavy atom. The summed E-state index contributed by atoms with van der Waals surface area (Å²) in [5.41, 5.74) is 16.7. The number of unbranched alkanes of at least 4 members (excludes halogenated alkanes) is 1. The highest BCUT2D eigenvalue weighted by Gasteiger charge is 2.55. The highest BCUT2D eigenvalue weighted by atomic mass is 32.2. The molecule has 16 nitrogen and oxygen atoms in total. The number of thioether (sulfide) groups is 1. The van der Waals surface area contributed by atoms with Crippen molar-refractivity contribution in [1.82, 2.24) is 19.9 Å². The molecule has 9 N–H and O–H groups in total. The van der Waals surface area contributed by atoms with Crippen LogP contribution in [0.1, 0.15) is 37.9 Å². The first-order valence-electron chi connectivity index (χ1n) is 13.2. The molecule has 2 atom stereocenters. The van der Waals surface area contributed by atoms with E-state index in [-0.39, 0.29) is 34.5 Å². The Balaban J connectivity index is 1.54. The summed E-state index contributed by atoms with van der Waals surface area (Å²) in [4.78, 5) is 60.7. The molecule has 43 heavy (non-hydrogen) atoms. The van der Waals surface area contributed by atoms with Crippen LogP contribution in [0.3, 0.4) is 0 Å². The number of anilines is 2. The minimum absolute atomic E-state index is 0.0239. The van der Waals surface area contributed by atoms with Crippen LogP contribution in [0.5, 0.6) is 0 Å². The van der Waals surface area contributed by atoms with E-state index in [1.807, 2.05) is 6.20 Å². The van der Waals surface area contributed by atoms with E-state index < -0.39 is 40.8 Å². The summed E-state index contributed by atoms with van der Waals surface area (Å²) in [6.45, 7) is 3.27. The van der Waals surface area contributed by atoms with Gasteiger partial charge in [-0.3, -0.25) is 14.5 Å². The number of hydrogen-bond donors (Lipinski definition) is 6. The van der Waals surface area contributed by atoms with Gasteiger partial charge in [-0.15, -0.1) is 32.5 Å². The third-order valence-electron chi connectivity index (χ3n) is 7.02. The molecule has 2 amide bonds. The van der Waals surface area contributed by atoms with Crippen LogP contribution in [0.25, 0.3) is 0 Å². The monoisotopic (exact) mass is 636 g/mol. The summed E-state index contributed by atoms with van der Waals surface area (Å²) in [5, 5.41) is 26.6. The first-order valence-corrected chi connectivity index (χ1v) is 15.1. The maximum absolute atomic E-state index is 13.3. The highest BCUT2D eigenvalue weighted by Crippen LogP contribution is 2.40. The topological polar surface area (TPSA) is 245 Å². The van der Waals surface area contributed by atoms with E-state index in [2.05, 4.69) is 15.5 Å². The molecule has 4 rings (SSSR count). The van der Waals surface area contributed by atoms with Crippen molar-refractivity contribution in [1.29, 1.82) is 0 Å². The van der Waals surface area contributed by atoms with Crippen molar-refractivity contribution in [3.05, 3.63) is 34.1 Å². The van der Waals surface area contributed by atoms with E-state index in [0.29, 0.717) is 17.9 Å². The number of aryl methyl sites for hydroxylation is 1. The first kappa shape index (κ1) is 31.8. The van der Waals surface area contributed by atoms with Crippen molar-refractivity contribution in [2.75, 3.05) is 23.8 Å². The number of nitrogens with zero attached hydrogens (tertiary/aromatic N) is 5. The normalized spacial score (nSPS) is 18.7. The summed E-state index contributed by atoms with van der Waals surface area (Å²) in [5.74, 6) is -3.23. The molecule has 0 unspecified atom stereocenters. The number of aliphatic carboxylic acids is 2. The average molecular weight is 637 g/mol. The molecular formula is C25H34N9O7S2+. The maximum Gasteiger partial charge on any atom is 0.352 e. The molecule has 2 aromatic heterocycles. The molecule has 2 aromatic rings. The van der Waals surface area contributed by atoms with E-state index in [1.54, 1.807) is 16.4 Å². The molecule has 2 aliphatic rings. The predicted molar refractivity (Wildman–Crippen MR) is 158 cm³/mol. The number of carbonyl (C=O) groups excluding carboxylic acids is 2. The number of nitrogen functional groups attached to an aromatic ring is 2. The van der Waals surface area contributed by atoms with Crippen molar-refractivity contribution in [2.45, 2.75) is 56.7 Å². The number of thiazole rings is 1. The zero-order chi connectivity index (χ0) is 31.6. The quantitative estimate of drug-likeness (QED) is 0.0522. The molecule has 0 saturated carbocycles. The van der Waals surface area contributed by atoms with E-state index in [9.17, 15) is 29.4 Å². The largest absolute Gasteiger partial charge is 0.478 e. The Morgan fingerprint density at radius 1 is 1.28 bits per heavy atom. The van der Waals surface area contributed by atoms with Crippen LogP contribution in [0.4, 0.5) is 10.9 Å². The number of rotatable bonds is 13. The Morgan fingerprint density at radius 3 is 2.60 bits per heavy atom. The van der Waals surface area contributed by atoms with Gasteiger partial charge in [0, 0.05) is 16.7 Å². The molecule has 2 aliphatic heterocycles. The van der Waals surface area contributed by atoms with Gasteiger partial charge >= 0.3 is 11.9 Å². The molecule has 1 saturated heterocycles. The Bertz CT molecular complexity index is 1510. The zero-order valence-electron chi connectivity index (χ0n) is 23.8. The number of β-lactam (4-membered cyclic amide) rings is 1. The van der Waals surface area contributed by atoms with E-state index >= 15 is 0 Å². The number of carbonyl (C=O) groups is 4. The molecule has 0 aromatic carbocycles. The third kappa shape index (κ3) is 6.45. The summed E-state index contributed by atoms with van der Waals surface area (Å²) < 4.78 is 3.54. The second kappa shape index (κ2) is 12.6. The molecule has 18 heteroatoms. The van der Waals surface area contributed by atoms with Crippen LogP contribution in [-0.2, 0) is 44.0 Å². The smallest absolute Gasteiger partial charge is 0.352 e. The third-order valence-corrected chi connectivity index (χ3v) is 9.03. The minimum atomic E-state index is -1.76. The molecule has 0 spiro atoms. The highest BCUT2D eigenvalue weighted by molar-refractivity contribution is 8.00. The van der Waals surface area contributed by atoms with E-state index in [4.69, 9.17) is 22.0 Å². The number of hydrogen-bond acceptors (Lipinski definition) is 12. The molecular weight excluding hydrogens is 602 g/mol. The lowest BCUT2D eigenvalue weighted by Crippen LogP contribution is -2.71.